The lowest BCUT2D eigenvalue weighted by Crippen LogP contribution is -2.18. The summed E-state index contributed by atoms with van der Waals surface area (Å²) in [7, 11) is 0. The maximum Gasteiger partial charge on any atom is 0.297 e. The molecule has 5 nitrogen and oxygen atoms in total. The van der Waals surface area contributed by atoms with Crippen LogP contribution in [0.2, 0.25) is 10.0 Å². The van der Waals surface area contributed by atoms with Crippen molar-refractivity contribution in [2.24, 2.45) is 4.99 Å². The number of hydrogen-bond donors (Lipinski definition) is 0. The second-order valence-corrected chi connectivity index (χ2v) is 7.45. The first-order valence-electron chi connectivity index (χ1n) is 7.64. The molecule has 25 heavy (non-hydrogen) atoms. The summed E-state index contributed by atoms with van der Waals surface area (Å²) in [6, 6.07) is 5.20. The van der Waals surface area contributed by atoms with Gasteiger partial charge in [0.05, 0.1) is 20.3 Å². The number of fused-ring (bicyclic) bond motifs is 1. The number of carbonyl (C=O) groups is 1. The van der Waals surface area contributed by atoms with Crippen LogP contribution in [0.5, 0.6) is 0 Å². The maximum absolute atomic E-state index is 12.7. The van der Waals surface area contributed by atoms with Gasteiger partial charge in [-0.15, -0.1) is 6.58 Å². The Bertz CT molecular complexity index is 1030. The Morgan fingerprint density at radius 1 is 1.36 bits per heavy atom. The van der Waals surface area contributed by atoms with E-state index in [1.54, 1.807) is 35.2 Å². The van der Waals surface area contributed by atoms with Crippen LogP contribution in [-0.2, 0) is 6.54 Å². The number of carbonyl (C=O) groups excluding carboxylic acids is 1. The quantitative estimate of drug-likeness (QED) is 0.601. The van der Waals surface area contributed by atoms with Crippen LogP contribution in [0, 0.1) is 0 Å². The first-order chi connectivity index (χ1) is 11.9. The van der Waals surface area contributed by atoms with E-state index in [1.165, 1.54) is 11.3 Å². The number of nitrogens with zero attached hydrogens (tertiary/aromatic N) is 4. The summed E-state index contributed by atoms with van der Waals surface area (Å²) < 4.78 is 4.28. The van der Waals surface area contributed by atoms with Gasteiger partial charge in [0.25, 0.3) is 5.91 Å². The first-order valence-corrected chi connectivity index (χ1v) is 9.22. The molecule has 0 unspecified atom stereocenters. The van der Waals surface area contributed by atoms with Gasteiger partial charge in [0.2, 0.25) is 0 Å². The van der Waals surface area contributed by atoms with E-state index in [-0.39, 0.29) is 11.9 Å². The minimum absolute atomic E-state index is 0.0655. The number of amides is 1. The Morgan fingerprint density at radius 2 is 2.08 bits per heavy atom. The highest BCUT2D eigenvalue weighted by Crippen LogP contribution is 2.31. The van der Waals surface area contributed by atoms with Crippen molar-refractivity contribution >= 4 is 50.7 Å². The van der Waals surface area contributed by atoms with E-state index in [1.807, 2.05) is 18.4 Å². The van der Waals surface area contributed by atoms with Gasteiger partial charge in [0.1, 0.15) is 5.69 Å². The molecule has 0 radical (unpaired) electrons. The fraction of sp³-hybridized carbons (Fsp3) is 0.235. The third-order valence-electron chi connectivity index (χ3n) is 3.62. The van der Waals surface area contributed by atoms with Gasteiger partial charge in [0, 0.05) is 18.8 Å². The van der Waals surface area contributed by atoms with Crippen LogP contribution in [-0.4, -0.2) is 20.3 Å². The lowest BCUT2D eigenvalue weighted by molar-refractivity contribution is 0.0986. The van der Waals surface area contributed by atoms with Gasteiger partial charge in [-0.05, 0) is 32.0 Å². The third-order valence-corrected chi connectivity index (χ3v) is 5.46. The average Bonchev–Trinajstić information content (AvgIpc) is 3.18. The molecule has 0 aliphatic rings. The summed E-state index contributed by atoms with van der Waals surface area (Å²) in [6.07, 6.45) is 3.32. The lowest BCUT2D eigenvalue weighted by atomic mass is 10.3. The zero-order chi connectivity index (χ0) is 18.1. The normalized spacial score (nSPS) is 12.3. The minimum Gasteiger partial charge on any atom is -0.311 e. The van der Waals surface area contributed by atoms with Crippen molar-refractivity contribution in [1.29, 1.82) is 0 Å². The molecule has 0 N–H and O–H groups in total. The summed E-state index contributed by atoms with van der Waals surface area (Å²) >= 11 is 14.0. The molecule has 2 aromatic heterocycles. The van der Waals surface area contributed by atoms with E-state index in [2.05, 4.69) is 16.7 Å². The second-order valence-electron chi connectivity index (χ2n) is 5.66. The maximum atomic E-state index is 12.7. The molecule has 3 rings (SSSR count). The molecule has 0 aliphatic carbocycles. The van der Waals surface area contributed by atoms with Crippen molar-refractivity contribution in [3.8, 4) is 0 Å². The molecule has 8 heteroatoms. The Labute approximate surface area is 158 Å². The molecular formula is C17H16Cl2N4OS. The van der Waals surface area contributed by atoms with Gasteiger partial charge >= 0.3 is 0 Å². The number of hydrogen-bond acceptors (Lipinski definition) is 3. The summed E-state index contributed by atoms with van der Waals surface area (Å²) in [4.78, 5) is 17.5. The molecule has 1 aromatic carbocycles. The third kappa shape index (κ3) is 3.29. The molecule has 1 amide bonds. The van der Waals surface area contributed by atoms with Gasteiger partial charge in [-0.2, -0.15) is 10.1 Å². The number of rotatable bonds is 4. The highest BCUT2D eigenvalue weighted by molar-refractivity contribution is 7.17. The molecule has 130 valence electrons. The Kier molecular flexibility index (Phi) is 5.13. The van der Waals surface area contributed by atoms with Gasteiger partial charge in [-0.25, -0.2) is 0 Å². The lowest BCUT2D eigenvalue weighted by Gasteiger charge is -2.08. The van der Waals surface area contributed by atoms with Crippen molar-refractivity contribution in [3.05, 3.63) is 57.6 Å². The van der Waals surface area contributed by atoms with Crippen molar-refractivity contribution in [2.75, 3.05) is 0 Å². The topological polar surface area (TPSA) is 52.2 Å². The van der Waals surface area contributed by atoms with Crippen LogP contribution in [0.1, 0.15) is 30.4 Å². The Hall–Kier alpha value is -1.89. The summed E-state index contributed by atoms with van der Waals surface area (Å²) in [5.74, 6) is -0.359. The first kappa shape index (κ1) is 17.9. The second kappa shape index (κ2) is 7.15. The summed E-state index contributed by atoms with van der Waals surface area (Å²) in [5, 5.41) is 5.31. The van der Waals surface area contributed by atoms with Crippen molar-refractivity contribution in [1.82, 2.24) is 14.3 Å². The molecule has 0 spiro atoms. The average molecular weight is 395 g/mol. The van der Waals surface area contributed by atoms with E-state index < -0.39 is 0 Å². The van der Waals surface area contributed by atoms with Crippen LogP contribution in [0.4, 0.5) is 0 Å². The Balaban J connectivity index is 2.22. The standard InChI is InChI=1S/C17H16Cl2N4OS/c1-4-9-22-14-11(18)5-6-12(19)15(14)25-17(22)21-16(24)13-7-8-20-23(13)10(2)3/h4-8,10H,1,9H2,2-3H3. The van der Waals surface area contributed by atoms with Gasteiger partial charge < -0.3 is 4.57 Å². The van der Waals surface area contributed by atoms with Crippen molar-refractivity contribution in [2.45, 2.75) is 26.4 Å². The number of allylic oxidation sites excluding steroid dienone is 1. The van der Waals surface area contributed by atoms with Crippen LogP contribution in [0.15, 0.2) is 42.0 Å². The van der Waals surface area contributed by atoms with E-state index >= 15 is 0 Å². The van der Waals surface area contributed by atoms with Crippen LogP contribution < -0.4 is 4.80 Å². The zero-order valence-electron chi connectivity index (χ0n) is 13.7. The van der Waals surface area contributed by atoms with Gasteiger partial charge in [0.15, 0.2) is 4.80 Å². The van der Waals surface area contributed by atoms with Crippen LogP contribution >= 0.6 is 34.5 Å². The summed E-state index contributed by atoms with van der Waals surface area (Å²) in [6.45, 7) is 8.15. The molecule has 0 fully saturated rings. The van der Waals surface area contributed by atoms with Crippen LogP contribution in [0.25, 0.3) is 10.2 Å². The highest BCUT2D eigenvalue weighted by atomic mass is 35.5. The van der Waals surface area contributed by atoms with Crippen molar-refractivity contribution < 1.29 is 4.79 Å². The van der Waals surface area contributed by atoms with Crippen LogP contribution in [0.3, 0.4) is 0 Å². The summed E-state index contributed by atoms with van der Waals surface area (Å²) in [5.41, 5.74) is 1.19. The zero-order valence-corrected chi connectivity index (χ0v) is 16.1. The predicted octanol–water partition coefficient (Wildman–Crippen LogP) is 4.71. The molecular weight excluding hydrogens is 379 g/mol. The Morgan fingerprint density at radius 3 is 2.76 bits per heavy atom. The molecule has 2 heterocycles. The smallest absolute Gasteiger partial charge is 0.297 e. The molecule has 0 saturated carbocycles. The van der Waals surface area contributed by atoms with Gasteiger partial charge in [-0.3, -0.25) is 9.48 Å². The van der Waals surface area contributed by atoms with Gasteiger partial charge in [-0.1, -0.05) is 40.6 Å². The van der Waals surface area contributed by atoms with E-state index in [4.69, 9.17) is 23.2 Å². The number of aromatic nitrogens is 3. The molecule has 0 bridgehead atoms. The highest BCUT2D eigenvalue weighted by Gasteiger charge is 2.16. The SMILES string of the molecule is C=CCn1c(=NC(=O)c2ccnn2C(C)C)sc2c(Cl)ccc(Cl)c21. The molecule has 0 saturated heterocycles. The van der Waals surface area contributed by atoms with E-state index in [0.717, 1.165) is 10.2 Å². The number of thiazole rings is 1. The monoisotopic (exact) mass is 394 g/mol. The largest absolute Gasteiger partial charge is 0.311 e. The molecule has 3 aromatic rings. The predicted molar refractivity (Wildman–Crippen MR) is 103 cm³/mol. The number of benzene rings is 1. The fourth-order valence-electron chi connectivity index (χ4n) is 2.53. The fourth-order valence-corrected chi connectivity index (χ4v) is 4.19. The number of halogens is 2. The molecule has 0 atom stereocenters. The van der Waals surface area contributed by atoms with E-state index in [9.17, 15) is 4.79 Å². The molecule has 0 aliphatic heterocycles. The minimum atomic E-state index is -0.359. The van der Waals surface area contributed by atoms with Crippen molar-refractivity contribution in [3.63, 3.8) is 0 Å². The van der Waals surface area contributed by atoms with E-state index in [0.29, 0.717) is 27.1 Å².